The van der Waals surface area contributed by atoms with E-state index in [1.807, 2.05) is 24.3 Å². The van der Waals surface area contributed by atoms with E-state index in [1.54, 1.807) is 53.7 Å². The lowest BCUT2D eigenvalue weighted by atomic mass is 9.84. The van der Waals surface area contributed by atoms with Crippen molar-refractivity contribution in [2.24, 2.45) is 86.6 Å². The molecule has 810 valence electrons. The van der Waals surface area contributed by atoms with Gasteiger partial charge in [0.1, 0.15) is 17.5 Å². The first kappa shape index (κ1) is 137. The summed E-state index contributed by atoms with van der Waals surface area (Å²) in [6.07, 6.45) is 13.0. The van der Waals surface area contributed by atoms with Gasteiger partial charge in [-0.05, 0) is 317 Å². The molecule has 14 heteroatoms. The monoisotopic (exact) mass is 2210 g/mol. The van der Waals surface area contributed by atoms with Gasteiger partial charge in [0.2, 0.25) is 0 Å². The van der Waals surface area contributed by atoms with Crippen molar-refractivity contribution in [3.63, 3.8) is 0 Å². The maximum absolute atomic E-state index is 14.2. The van der Waals surface area contributed by atoms with Gasteiger partial charge >= 0.3 is 0 Å². The van der Waals surface area contributed by atoms with Gasteiger partial charge in [-0.25, -0.2) is 30.7 Å². The van der Waals surface area contributed by atoms with E-state index in [2.05, 4.69) is 396 Å². The minimum absolute atomic E-state index is 0.0377. The van der Waals surface area contributed by atoms with Gasteiger partial charge < -0.3 is 0 Å². The first-order valence-corrected chi connectivity index (χ1v) is 55.3. The van der Waals surface area contributed by atoms with Crippen LogP contribution in [0.2, 0.25) is 25.1 Å². The summed E-state index contributed by atoms with van der Waals surface area (Å²) in [6.45, 7) is 105. The van der Waals surface area contributed by atoms with E-state index in [0.717, 1.165) is 97.4 Å². The zero-order valence-electron chi connectivity index (χ0n) is 98.9. The van der Waals surface area contributed by atoms with E-state index in [9.17, 15) is 30.7 Å². The topological polar surface area (TPSA) is 0 Å². The molecule has 0 aromatic heterocycles. The molecule has 0 aliphatic heterocycles. The van der Waals surface area contributed by atoms with Crippen molar-refractivity contribution < 1.29 is 30.7 Å². The summed E-state index contributed by atoms with van der Waals surface area (Å²) in [6, 6.07) is 35.6. The number of hydrogen-bond donors (Lipinski definition) is 0. The molecule has 143 heavy (non-hydrogen) atoms. The highest BCUT2D eigenvalue weighted by atomic mass is 79.9. The van der Waals surface area contributed by atoms with E-state index in [-0.39, 0.29) is 73.6 Å². The average Bonchev–Trinajstić information content (AvgIpc) is 0.775. The third-order valence-corrected chi connectivity index (χ3v) is 24.8. The first-order valence-electron chi connectivity index (χ1n) is 51.8. The minimum Gasteiger partial charge on any atom is -0.207 e. The second kappa shape index (κ2) is 54.3. The molecule has 0 bridgehead atoms. The Labute approximate surface area is 914 Å². The van der Waals surface area contributed by atoms with E-state index in [4.69, 9.17) is 58.0 Å². The SMILES string of the molecule is CC(C)(C)Cc1c(F)c(F)c(CC(C)(C)C)c(F)c1F.CC(C)(C)Cc1cc(Br)c(CC(C)(C)C)cc1Br.CC(C)(C)Cc1cc(F)c(CC(C)(C)C)c(Cl)c1.CC(C)(C)Cc1cc(F)c(CC(C)(C)C)c(Cl)c1.CC(C)(C)Cc1ccc(CC(C)(C)C)c(Cl)c1.CC(C)(C)Cc1ccc(CC(C)(C)C)c(Cl)c1.CC(C)(C)Cc1ccc(CC(C)(C)C)c(Cl)c1F.Cc1cc(CC(C)(C)C)ccc1CC(C)(C)C. The Kier molecular flexibility index (Phi) is 51.9. The summed E-state index contributed by atoms with van der Waals surface area (Å²) in [4.78, 5) is 0. The molecule has 0 fully saturated rings. The molecule has 0 nitrogen and oxygen atoms in total. The Morgan fingerprint density at radius 2 is 0.371 bits per heavy atom. The summed E-state index contributed by atoms with van der Waals surface area (Å²) >= 11 is 38.8. The lowest BCUT2D eigenvalue weighted by Crippen LogP contribution is -2.19. The zero-order valence-corrected chi connectivity index (χ0v) is 106. The predicted octanol–water partition coefficient (Wildman–Crippen LogP) is 45.0. The number of benzene rings is 8. The predicted molar refractivity (Wildman–Crippen MR) is 627 cm³/mol. The van der Waals surface area contributed by atoms with Crippen molar-refractivity contribution in [1.29, 1.82) is 0 Å². The van der Waals surface area contributed by atoms with Gasteiger partial charge in [0.25, 0.3) is 0 Å². The summed E-state index contributed by atoms with van der Waals surface area (Å²) in [5, 5.41) is 3.25. The molecule has 8 aromatic carbocycles. The Balaban J connectivity index is 0.000000818. The van der Waals surface area contributed by atoms with Crippen LogP contribution in [0.5, 0.6) is 0 Å². The van der Waals surface area contributed by atoms with Crippen LogP contribution in [0, 0.1) is 134 Å². The molecule has 0 unspecified atom stereocenters. The molecule has 0 N–H and O–H groups in total. The normalized spacial score (nSPS) is 12.9. The van der Waals surface area contributed by atoms with Crippen molar-refractivity contribution in [2.75, 3.05) is 0 Å². The molecular weight excluding hydrogens is 2020 g/mol. The second-order valence-corrected chi connectivity index (χ2v) is 64.0. The zero-order chi connectivity index (χ0) is 112. The maximum atomic E-state index is 14.2. The van der Waals surface area contributed by atoms with Crippen LogP contribution in [0.1, 0.15) is 427 Å². The van der Waals surface area contributed by atoms with Gasteiger partial charge in [0.15, 0.2) is 23.3 Å². The van der Waals surface area contributed by atoms with E-state index in [0.29, 0.717) is 83.5 Å². The smallest absolute Gasteiger partial charge is 0.165 e. The summed E-state index contributed by atoms with van der Waals surface area (Å²) in [7, 11) is 0. The Morgan fingerprint density at radius 1 is 0.182 bits per heavy atom. The highest BCUT2D eigenvalue weighted by Gasteiger charge is 2.32. The molecule has 0 aliphatic rings. The van der Waals surface area contributed by atoms with Crippen LogP contribution in [0.25, 0.3) is 0 Å². The van der Waals surface area contributed by atoms with Crippen molar-refractivity contribution in [3.8, 4) is 0 Å². The van der Waals surface area contributed by atoms with E-state index in [1.165, 1.54) is 59.0 Å². The van der Waals surface area contributed by atoms with Gasteiger partial charge in [-0.3, -0.25) is 0 Å². The van der Waals surface area contributed by atoms with Gasteiger partial charge in [-0.1, -0.05) is 477 Å². The lowest BCUT2D eigenvalue weighted by Gasteiger charge is -2.23. The lowest BCUT2D eigenvalue weighted by molar-refractivity contribution is 0.350. The summed E-state index contributed by atoms with van der Waals surface area (Å²) in [5.74, 6) is -5.64. The fraction of sp³-hybridized carbons (Fsp3) is 0.628. The van der Waals surface area contributed by atoms with Crippen LogP contribution >= 0.6 is 89.9 Å². The van der Waals surface area contributed by atoms with Crippen LogP contribution in [0.15, 0.2) is 112 Å². The molecule has 8 rings (SSSR count). The highest BCUT2D eigenvalue weighted by Crippen LogP contribution is 2.42. The molecule has 0 saturated carbocycles. The van der Waals surface area contributed by atoms with E-state index >= 15 is 0 Å². The molecule has 0 amide bonds. The molecule has 0 saturated heterocycles. The van der Waals surface area contributed by atoms with Crippen molar-refractivity contribution in [1.82, 2.24) is 0 Å². The molecular formula is C129H196Br2Cl5F7. The number of rotatable bonds is 16. The van der Waals surface area contributed by atoms with Crippen LogP contribution < -0.4 is 0 Å². The molecule has 0 aliphatic carbocycles. The van der Waals surface area contributed by atoms with Gasteiger partial charge in [0, 0.05) is 51.3 Å². The third kappa shape index (κ3) is 61.1. The standard InChI is InChI=1S/C17H28.C16H24Br2.3C16H24ClF.2C16H25Cl.C16H22F4/c1-13-10-14(11-16(2,3)4)8-9-15(13)12-17(5,6)7;1-15(2,3)9-11-7-14(18)12(8-13(11)17)10-16(4,5)6;2*1-15(2,3)9-11-7-13(17)12(14(18)8-11)10-16(4,5)6;1-15(2,3)9-11-7-8-12(10-16(4,5)6)14(18)13(11)17;2*1-15(2,3)10-12-7-8-13(14(17)9-12)11-16(4,5)6;1-15(2,3)7-9-11(17)13(19)10(8-16(4,5)6)14(20)12(9)18/h8-10H,11-12H2,1-7H3;4*7-8H,9-10H2,1-6H3;2*7-9H,10-11H2,1-6H3;7-8H2,1-6H3. The Morgan fingerprint density at radius 3 is 0.608 bits per heavy atom. The Hall–Kier alpha value is -4.32. The first-order chi connectivity index (χ1) is 63.5. The fourth-order valence-electron chi connectivity index (χ4n) is 16.6. The van der Waals surface area contributed by atoms with Gasteiger partial charge in [-0.2, -0.15) is 0 Å². The van der Waals surface area contributed by atoms with E-state index < -0.39 is 45.2 Å². The molecule has 0 spiro atoms. The third-order valence-electron chi connectivity index (χ3n) is 21.5. The second-order valence-electron chi connectivity index (χ2n) is 60.2. The summed E-state index contributed by atoms with van der Waals surface area (Å²) < 4.78 is 101. The highest BCUT2D eigenvalue weighted by molar-refractivity contribution is 9.11. The number of halogens is 14. The van der Waals surface area contributed by atoms with Crippen molar-refractivity contribution >= 4 is 89.9 Å². The average molecular weight is 2220 g/mol. The Bertz CT molecular complexity index is 4820. The fourth-order valence-corrected chi connectivity index (χ4v) is 19.1. The maximum Gasteiger partial charge on any atom is 0.165 e. The van der Waals surface area contributed by atoms with Crippen LogP contribution in [-0.2, 0) is 103 Å². The van der Waals surface area contributed by atoms with Crippen LogP contribution in [0.3, 0.4) is 0 Å². The van der Waals surface area contributed by atoms with Crippen LogP contribution in [-0.4, -0.2) is 0 Å². The molecule has 0 heterocycles. The molecule has 0 atom stereocenters. The largest absolute Gasteiger partial charge is 0.207 e. The molecule has 8 aromatic rings. The van der Waals surface area contributed by atoms with Crippen molar-refractivity contribution in [2.45, 2.75) is 442 Å². The summed E-state index contributed by atoms with van der Waals surface area (Å²) in [5.41, 5.74) is 18.4. The van der Waals surface area contributed by atoms with Crippen molar-refractivity contribution in [3.05, 3.63) is 272 Å². The quantitative estimate of drug-likeness (QED) is 0.0668. The molecule has 0 radical (unpaired) electrons. The van der Waals surface area contributed by atoms with Crippen LogP contribution in [0.4, 0.5) is 30.7 Å². The minimum atomic E-state index is -1.27. The number of aryl methyl sites for hydroxylation is 1. The van der Waals surface area contributed by atoms with Gasteiger partial charge in [0.05, 0.1) is 5.02 Å². The van der Waals surface area contributed by atoms with Gasteiger partial charge in [-0.15, -0.1) is 0 Å². The number of hydrogen-bond acceptors (Lipinski definition) is 0.